The SMILES string of the molecule is COc1cc(/C=N\NC(=O)c2cccc(NC(C)=O)c2)ccc1OCc1ccc(C)cc1. The maximum Gasteiger partial charge on any atom is 0.271 e. The summed E-state index contributed by atoms with van der Waals surface area (Å²) in [6.07, 6.45) is 1.52. The van der Waals surface area contributed by atoms with Gasteiger partial charge >= 0.3 is 0 Å². The van der Waals surface area contributed by atoms with Gasteiger partial charge in [-0.2, -0.15) is 5.10 Å². The van der Waals surface area contributed by atoms with E-state index in [0.29, 0.717) is 29.4 Å². The van der Waals surface area contributed by atoms with Crippen LogP contribution in [-0.2, 0) is 11.4 Å². The van der Waals surface area contributed by atoms with E-state index in [9.17, 15) is 9.59 Å². The number of carbonyl (C=O) groups excluding carboxylic acids is 2. The van der Waals surface area contributed by atoms with Gasteiger partial charge in [-0.05, 0) is 54.4 Å². The lowest BCUT2D eigenvalue weighted by molar-refractivity contribution is -0.114. The number of nitrogens with zero attached hydrogens (tertiary/aromatic N) is 1. The standard InChI is InChI=1S/C25H25N3O4/c1-17-7-9-19(10-8-17)16-32-23-12-11-20(13-24(23)31-3)15-26-28-25(30)21-5-4-6-22(14-21)27-18(2)29/h4-15H,16H2,1-3H3,(H,27,29)(H,28,30)/b26-15-. The van der Waals surface area contributed by atoms with Crippen LogP contribution in [0.2, 0.25) is 0 Å². The van der Waals surface area contributed by atoms with Gasteiger partial charge in [0.1, 0.15) is 6.61 Å². The molecular weight excluding hydrogens is 406 g/mol. The Morgan fingerprint density at radius 3 is 2.50 bits per heavy atom. The minimum Gasteiger partial charge on any atom is -0.493 e. The zero-order valence-corrected chi connectivity index (χ0v) is 18.2. The third-order valence-corrected chi connectivity index (χ3v) is 4.53. The van der Waals surface area contributed by atoms with Crippen LogP contribution in [0.25, 0.3) is 0 Å². The molecule has 0 atom stereocenters. The van der Waals surface area contributed by atoms with Gasteiger partial charge in [-0.1, -0.05) is 35.9 Å². The summed E-state index contributed by atoms with van der Waals surface area (Å²) in [6, 6.07) is 20.1. The van der Waals surface area contributed by atoms with Crippen molar-refractivity contribution in [3.05, 3.63) is 89.0 Å². The average Bonchev–Trinajstić information content (AvgIpc) is 2.78. The van der Waals surface area contributed by atoms with Crippen molar-refractivity contribution in [2.45, 2.75) is 20.5 Å². The highest BCUT2D eigenvalue weighted by atomic mass is 16.5. The molecule has 0 radical (unpaired) electrons. The van der Waals surface area contributed by atoms with Crippen LogP contribution in [0.5, 0.6) is 11.5 Å². The van der Waals surface area contributed by atoms with Crippen LogP contribution in [0, 0.1) is 6.92 Å². The number of hydrazone groups is 1. The number of hydrogen-bond acceptors (Lipinski definition) is 5. The Morgan fingerprint density at radius 1 is 1.00 bits per heavy atom. The Kier molecular flexibility index (Phi) is 7.59. The Labute approximate surface area is 187 Å². The number of ether oxygens (including phenoxy) is 2. The molecule has 0 aliphatic carbocycles. The summed E-state index contributed by atoms with van der Waals surface area (Å²) in [5.41, 5.74) is 6.39. The molecule has 3 aromatic rings. The normalized spacial score (nSPS) is 10.6. The van der Waals surface area contributed by atoms with Crippen LogP contribution in [0.1, 0.15) is 34.0 Å². The monoisotopic (exact) mass is 431 g/mol. The molecule has 0 aliphatic heterocycles. The second-order valence-electron chi connectivity index (χ2n) is 7.15. The number of hydrogen-bond donors (Lipinski definition) is 2. The molecule has 0 saturated carbocycles. The van der Waals surface area contributed by atoms with Crippen molar-refractivity contribution in [2.24, 2.45) is 5.10 Å². The van der Waals surface area contributed by atoms with E-state index in [1.54, 1.807) is 43.5 Å². The van der Waals surface area contributed by atoms with E-state index in [4.69, 9.17) is 9.47 Å². The summed E-state index contributed by atoms with van der Waals surface area (Å²) in [7, 11) is 1.57. The van der Waals surface area contributed by atoms with Gasteiger partial charge in [-0.15, -0.1) is 0 Å². The van der Waals surface area contributed by atoms with E-state index in [-0.39, 0.29) is 5.91 Å². The number of rotatable bonds is 8. The molecule has 0 aliphatic rings. The fraction of sp³-hybridized carbons (Fsp3) is 0.160. The quantitative estimate of drug-likeness (QED) is 0.411. The third-order valence-electron chi connectivity index (χ3n) is 4.53. The molecule has 32 heavy (non-hydrogen) atoms. The Balaban J connectivity index is 1.61. The molecule has 0 heterocycles. The van der Waals surface area contributed by atoms with Crippen molar-refractivity contribution in [1.29, 1.82) is 0 Å². The largest absolute Gasteiger partial charge is 0.493 e. The molecule has 0 fully saturated rings. The topological polar surface area (TPSA) is 89.0 Å². The zero-order valence-electron chi connectivity index (χ0n) is 18.2. The molecule has 2 amide bonds. The third kappa shape index (κ3) is 6.43. The first-order valence-electron chi connectivity index (χ1n) is 10.0. The first-order chi connectivity index (χ1) is 15.4. The van der Waals surface area contributed by atoms with E-state index in [1.807, 2.05) is 37.3 Å². The van der Waals surface area contributed by atoms with Gasteiger partial charge in [0, 0.05) is 18.2 Å². The maximum atomic E-state index is 12.3. The average molecular weight is 431 g/mol. The van der Waals surface area contributed by atoms with E-state index in [0.717, 1.165) is 11.1 Å². The lowest BCUT2D eigenvalue weighted by atomic mass is 10.2. The minimum atomic E-state index is -0.390. The van der Waals surface area contributed by atoms with Gasteiger partial charge in [-0.3, -0.25) is 9.59 Å². The Hall–Kier alpha value is -4.13. The second-order valence-corrected chi connectivity index (χ2v) is 7.15. The molecule has 7 heteroatoms. The smallest absolute Gasteiger partial charge is 0.271 e. The zero-order chi connectivity index (χ0) is 22.9. The summed E-state index contributed by atoms with van der Waals surface area (Å²) < 4.78 is 11.3. The molecular formula is C25H25N3O4. The number of aryl methyl sites for hydroxylation is 1. The number of amides is 2. The van der Waals surface area contributed by atoms with Gasteiger partial charge in [0.25, 0.3) is 5.91 Å². The highest BCUT2D eigenvalue weighted by molar-refractivity contribution is 5.97. The van der Waals surface area contributed by atoms with Gasteiger partial charge < -0.3 is 14.8 Å². The molecule has 0 spiro atoms. The van der Waals surface area contributed by atoms with Crippen LogP contribution in [0.15, 0.2) is 71.8 Å². The predicted octanol–water partition coefficient (Wildman–Crippen LogP) is 4.30. The molecule has 0 saturated heterocycles. The van der Waals surface area contributed by atoms with E-state index in [1.165, 1.54) is 18.7 Å². The van der Waals surface area contributed by atoms with Crippen molar-refractivity contribution in [3.8, 4) is 11.5 Å². The molecule has 3 rings (SSSR count). The fourth-order valence-corrected chi connectivity index (χ4v) is 2.90. The van der Waals surface area contributed by atoms with Crippen molar-refractivity contribution >= 4 is 23.7 Å². The lowest BCUT2D eigenvalue weighted by Gasteiger charge is -2.11. The van der Waals surface area contributed by atoms with Crippen LogP contribution in [0.3, 0.4) is 0 Å². The van der Waals surface area contributed by atoms with E-state index < -0.39 is 5.91 Å². The van der Waals surface area contributed by atoms with E-state index in [2.05, 4.69) is 15.8 Å². The number of nitrogens with one attached hydrogen (secondary N) is 2. The minimum absolute atomic E-state index is 0.208. The first-order valence-corrected chi connectivity index (χ1v) is 10.0. The molecule has 7 nitrogen and oxygen atoms in total. The number of carbonyl (C=O) groups is 2. The molecule has 164 valence electrons. The van der Waals surface area contributed by atoms with Crippen LogP contribution in [-0.4, -0.2) is 25.1 Å². The van der Waals surface area contributed by atoms with E-state index >= 15 is 0 Å². The van der Waals surface area contributed by atoms with Crippen molar-refractivity contribution in [1.82, 2.24) is 5.43 Å². The van der Waals surface area contributed by atoms with Gasteiger partial charge in [-0.25, -0.2) is 5.43 Å². The van der Waals surface area contributed by atoms with Crippen LogP contribution in [0.4, 0.5) is 5.69 Å². The fourth-order valence-electron chi connectivity index (χ4n) is 2.90. The number of anilines is 1. The van der Waals surface area contributed by atoms with Crippen molar-refractivity contribution in [2.75, 3.05) is 12.4 Å². The molecule has 2 N–H and O–H groups in total. The number of methoxy groups -OCH3 is 1. The van der Waals surface area contributed by atoms with Crippen LogP contribution < -0.4 is 20.2 Å². The van der Waals surface area contributed by atoms with Gasteiger partial charge in [0.2, 0.25) is 5.91 Å². The highest BCUT2D eigenvalue weighted by Crippen LogP contribution is 2.28. The first kappa shape index (κ1) is 22.6. The predicted molar refractivity (Wildman–Crippen MR) is 124 cm³/mol. The Morgan fingerprint density at radius 2 is 1.78 bits per heavy atom. The van der Waals surface area contributed by atoms with Crippen molar-refractivity contribution < 1.29 is 19.1 Å². The number of benzene rings is 3. The van der Waals surface area contributed by atoms with Crippen molar-refractivity contribution in [3.63, 3.8) is 0 Å². The maximum absolute atomic E-state index is 12.3. The summed E-state index contributed by atoms with van der Waals surface area (Å²) in [6.45, 7) is 3.88. The van der Waals surface area contributed by atoms with Gasteiger partial charge in [0.05, 0.1) is 13.3 Å². The summed E-state index contributed by atoms with van der Waals surface area (Å²) in [5, 5.41) is 6.65. The van der Waals surface area contributed by atoms with Gasteiger partial charge in [0.15, 0.2) is 11.5 Å². The summed E-state index contributed by atoms with van der Waals surface area (Å²) >= 11 is 0. The molecule has 0 bridgehead atoms. The Bertz CT molecular complexity index is 1120. The molecule has 0 unspecified atom stereocenters. The molecule has 0 aromatic heterocycles. The van der Waals surface area contributed by atoms with Crippen LogP contribution >= 0.6 is 0 Å². The lowest BCUT2D eigenvalue weighted by Crippen LogP contribution is -2.18. The second kappa shape index (κ2) is 10.8. The summed E-state index contributed by atoms with van der Waals surface area (Å²) in [4.78, 5) is 23.5. The highest BCUT2D eigenvalue weighted by Gasteiger charge is 2.07. The molecule has 3 aromatic carbocycles. The summed E-state index contributed by atoms with van der Waals surface area (Å²) in [5.74, 6) is 0.582.